The van der Waals surface area contributed by atoms with E-state index in [2.05, 4.69) is 43.5 Å². The number of ether oxygens (including phenoxy) is 4. The molecule has 2 aliphatic rings. The highest BCUT2D eigenvalue weighted by molar-refractivity contribution is 5.76. The number of hydrogen-bond donors (Lipinski definition) is 9. The van der Waals surface area contributed by atoms with E-state index in [1.807, 2.05) is 6.08 Å². The smallest absolute Gasteiger partial charge is 0.220 e. The molecule has 0 aromatic heterocycles. The van der Waals surface area contributed by atoms with Crippen LogP contribution in [-0.4, -0.2) is 140 Å². The number of unbranched alkanes of at least 4 members (excludes halogenated alkanes) is 33. The van der Waals surface area contributed by atoms with Crippen molar-refractivity contribution in [2.45, 2.75) is 331 Å². The van der Waals surface area contributed by atoms with Gasteiger partial charge in [-0.25, -0.2) is 0 Å². The summed E-state index contributed by atoms with van der Waals surface area (Å²) in [4.78, 5) is 13.2. The van der Waals surface area contributed by atoms with Crippen LogP contribution in [0.3, 0.4) is 0 Å². The van der Waals surface area contributed by atoms with Gasteiger partial charge in [0.1, 0.15) is 48.8 Å². The number of allylic oxidation sites excluding steroid dienone is 5. The van der Waals surface area contributed by atoms with Gasteiger partial charge in [0.15, 0.2) is 12.6 Å². The first-order valence-electron chi connectivity index (χ1n) is 31.2. The number of carbonyl (C=O) groups excluding carboxylic acids is 1. The van der Waals surface area contributed by atoms with Gasteiger partial charge in [-0.2, -0.15) is 0 Å². The number of aliphatic hydroxyl groups is 8. The molecule has 2 fully saturated rings. The van der Waals surface area contributed by atoms with Crippen molar-refractivity contribution in [3.05, 3.63) is 36.5 Å². The summed E-state index contributed by atoms with van der Waals surface area (Å²) in [5, 5.41) is 87.1. The molecule has 14 nitrogen and oxygen atoms in total. The fraction of sp³-hybridized carbons (Fsp3) is 0.887. The second-order valence-corrected chi connectivity index (χ2v) is 22.2. The van der Waals surface area contributed by atoms with Crippen LogP contribution in [0.1, 0.15) is 258 Å². The van der Waals surface area contributed by atoms with Crippen LogP contribution in [0.2, 0.25) is 0 Å². The van der Waals surface area contributed by atoms with Crippen LogP contribution in [0.15, 0.2) is 36.5 Å². The maximum absolute atomic E-state index is 13.2. The largest absolute Gasteiger partial charge is 0.394 e. The number of amides is 1. The van der Waals surface area contributed by atoms with E-state index < -0.39 is 86.8 Å². The summed E-state index contributed by atoms with van der Waals surface area (Å²) in [6, 6.07) is -0.935. The van der Waals surface area contributed by atoms with Gasteiger partial charge in [-0.15, -0.1) is 0 Å². The van der Waals surface area contributed by atoms with Crippen molar-refractivity contribution < 1.29 is 64.6 Å². The molecule has 2 heterocycles. The SMILES string of the molecule is CCCCCCCC/C=C\CCCCCCCC(=O)NC(COC1OC(CO)C(OC2OC(CO)C(O)C(O)C2O)C(O)C1O)C(O)/C=C/CC/C=C/CCCCCCCCCCCCCCCCCCCCCCC. The Labute approximate surface area is 461 Å². The third kappa shape index (κ3) is 33.1. The summed E-state index contributed by atoms with van der Waals surface area (Å²) in [7, 11) is 0. The lowest BCUT2D eigenvalue weighted by Crippen LogP contribution is -2.65. The van der Waals surface area contributed by atoms with Crippen LogP contribution >= 0.6 is 0 Å². The summed E-state index contributed by atoms with van der Waals surface area (Å²) in [5.74, 6) is -0.256. The molecule has 12 atom stereocenters. The number of aliphatic hydroxyl groups excluding tert-OH is 8. The van der Waals surface area contributed by atoms with E-state index in [4.69, 9.17) is 18.9 Å². The Morgan fingerprint density at radius 2 is 0.842 bits per heavy atom. The molecule has 2 saturated heterocycles. The molecule has 0 aromatic rings. The topological polar surface area (TPSA) is 228 Å². The average Bonchev–Trinajstić information content (AvgIpc) is 3.42. The Hall–Kier alpha value is -1.79. The van der Waals surface area contributed by atoms with E-state index in [1.54, 1.807) is 6.08 Å². The van der Waals surface area contributed by atoms with Crippen molar-refractivity contribution in [3.63, 3.8) is 0 Å². The van der Waals surface area contributed by atoms with Gasteiger partial charge in [0.2, 0.25) is 5.91 Å². The molecule has 2 aliphatic heterocycles. The van der Waals surface area contributed by atoms with Gasteiger partial charge < -0.3 is 65.1 Å². The molecule has 14 heteroatoms. The maximum Gasteiger partial charge on any atom is 0.220 e. The molecule has 0 bridgehead atoms. The predicted molar refractivity (Wildman–Crippen MR) is 305 cm³/mol. The zero-order valence-electron chi connectivity index (χ0n) is 48.0. The third-order valence-electron chi connectivity index (χ3n) is 15.3. The monoisotopic (exact) mass is 1080 g/mol. The number of hydrogen-bond acceptors (Lipinski definition) is 13. The Morgan fingerprint density at radius 1 is 0.461 bits per heavy atom. The maximum atomic E-state index is 13.2. The molecular formula is C62H115NO13. The Morgan fingerprint density at radius 3 is 1.29 bits per heavy atom. The summed E-state index contributed by atoms with van der Waals surface area (Å²) in [6.07, 6.45) is 42.0. The summed E-state index contributed by atoms with van der Waals surface area (Å²) < 4.78 is 22.8. The third-order valence-corrected chi connectivity index (χ3v) is 15.3. The zero-order valence-corrected chi connectivity index (χ0v) is 48.0. The fourth-order valence-corrected chi connectivity index (χ4v) is 10.2. The normalized spacial score (nSPS) is 25.1. The molecular weight excluding hydrogens is 967 g/mol. The van der Waals surface area contributed by atoms with Crippen LogP contribution < -0.4 is 5.32 Å². The molecule has 1 amide bonds. The lowest BCUT2D eigenvalue weighted by atomic mass is 9.97. The van der Waals surface area contributed by atoms with Gasteiger partial charge in [0, 0.05) is 6.42 Å². The number of nitrogens with one attached hydrogen (secondary N) is 1. The van der Waals surface area contributed by atoms with Gasteiger partial charge >= 0.3 is 0 Å². The first-order valence-corrected chi connectivity index (χ1v) is 31.2. The molecule has 0 aromatic carbocycles. The summed E-state index contributed by atoms with van der Waals surface area (Å²) in [6.45, 7) is 2.79. The number of carbonyl (C=O) groups is 1. The minimum Gasteiger partial charge on any atom is -0.394 e. The van der Waals surface area contributed by atoms with Gasteiger partial charge in [0.25, 0.3) is 0 Å². The standard InChI is InChI=1S/C62H115NO13/c1-3-5-7-9-11-13-15-17-19-20-21-22-23-24-25-26-27-28-29-30-32-33-35-37-39-41-43-45-51(66)50(63-54(67)46-44-42-40-38-36-34-31-18-16-14-12-10-8-6-4-2)49-73-61-59(72)57(70)60(53(48-65)75-61)76-62-58(71)56(69)55(68)52(47-64)74-62/h18,31,35,37,43,45,50-53,55-62,64-66,68-72H,3-17,19-30,32-34,36,38-42,44,46-49H2,1-2H3,(H,63,67)/b31-18-,37-35+,45-43+. The minimum atomic E-state index is -1.79. The molecule has 0 spiro atoms. The van der Waals surface area contributed by atoms with Crippen molar-refractivity contribution in [1.29, 1.82) is 0 Å². The van der Waals surface area contributed by atoms with Crippen molar-refractivity contribution >= 4 is 5.91 Å². The molecule has 76 heavy (non-hydrogen) atoms. The predicted octanol–water partition coefficient (Wildman–Crippen LogP) is 11.0. The second-order valence-electron chi connectivity index (χ2n) is 22.2. The van der Waals surface area contributed by atoms with E-state index in [1.165, 1.54) is 173 Å². The Kier molecular flexibility index (Phi) is 44.4. The lowest BCUT2D eigenvalue weighted by molar-refractivity contribution is -0.359. The highest BCUT2D eigenvalue weighted by atomic mass is 16.7. The first-order chi connectivity index (χ1) is 37.1. The molecule has 446 valence electrons. The van der Waals surface area contributed by atoms with E-state index >= 15 is 0 Å². The van der Waals surface area contributed by atoms with Crippen molar-refractivity contribution in [2.75, 3.05) is 19.8 Å². The first kappa shape index (κ1) is 70.3. The summed E-state index contributed by atoms with van der Waals surface area (Å²) >= 11 is 0. The van der Waals surface area contributed by atoms with Gasteiger partial charge in [-0.3, -0.25) is 4.79 Å². The van der Waals surface area contributed by atoms with Gasteiger partial charge in [0.05, 0.1) is 32.0 Å². The van der Waals surface area contributed by atoms with Crippen LogP contribution in [0.4, 0.5) is 0 Å². The molecule has 2 rings (SSSR count). The van der Waals surface area contributed by atoms with Crippen LogP contribution in [0.5, 0.6) is 0 Å². The summed E-state index contributed by atoms with van der Waals surface area (Å²) in [5.41, 5.74) is 0. The lowest BCUT2D eigenvalue weighted by Gasteiger charge is -2.46. The molecule has 0 radical (unpaired) electrons. The molecule has 0 saturated carbocycles. The van der Waals surface area contributed by atoms with E-state index in [0.29, 0.717) is 12.8 Å². The van der Waals surface area contributed by atoms with Crippen molar-refractivity contribution in [2.24, 2.45) is 0 Å². The second kappa shape index (κ2) is 48.0. The molecule has 9 N–H and O–H groups in total. The fourth-order valence-electron chi connectivity index (χ4n) is 10.2. The Balaban J connectivity index is 1.74. The minimum absolute atomic E-state index is 0.256. The van der Waals surface area contributed by atoms with Crippen LogP contribution in [-0.2, 0) is 23.7 Å². The highest BCUT2D eigenvalue weighted by Gasteiger charge is 2.51. The quantitative estimate of drug-likeness (QED) is 0.0204. The van der Waals surface area contributed by atoms with E-state index in [9.17, 15) is 45.6 Å². The van der Waals surface area contributed by atoms with Crippen LogP contribution in [0.25, 0.3) is 0 Å². The number of rotatable bonds is 50. The van der Waals surface area contributed by atoms with Gasteiger partial charge in [-0.1, -0.05) is 230 Å². The van der Waals surface area contributed by atoms with Crippen molar-refractivity contribution in [3.8, 4) is 0 Å². The molecule has 0 aliphatic carbocycles. The van der Waals surface area contributed by atoms with Crippen LogP contribution in [0, 0.1) is 0 Å². The van der Waals surface area contributed by atoms with Gasteiger partial charge in [-0.05, 0) is 57.8 Å². The molecule has 12 unspecified atom stereocenters. The Bertz CT molecular complexity index is 1410. The van der Waals surface area contributed by atoms with Crippen molar-refractivity contribution in [1.82, 2.24) is 5.32 Å². The average molecular weight is 1080 g/mol. The highest BCUT2D eigenvalue weighted by Crippen LogP contribution is 2.30. The van der Waals surface area contributed by atoms with E-state index in [0.717, 1.165) is 51.4 Å². The van der Waals surface area contributed by atoms with E-state index in [-0.39, 0.29) is 18.9 Å². The zero-order chi connectivity index (χ0) is 55.3.